The summed E-state index contributed by atoms with van der Waals surface area (Å²) in [6, 6.07) is 15.1. The first-order valence-corrected chi connectivity index (χ1v) is 23.3. The second-order valence-corrected chi connectivity index (χ2v) is 17.4. The molecule has 1 fully saturated rings. The van der Waals surface area contributed by atoms with Gasteiger partial charge in [-0.2, -0.15) is 0 Å². The van der Waals surface area contributed by atoms with Gasteiger partial charge in [0.05, 0.1) is 38.2 Å². The minimum absolute atomic E-state index is 0.0203. The number of hydrogen-bond acceptors (Lipinski definition) is 19. The Kier molecular flexibility index (Phi) is 23.1. The van der Waals surface area contributed by atoms with Gasteiger partial charge in [-0.15, -0.1) is 0 Å². The Bertz CT molecular complexity index is 2100. The molecule has 1 heterocycles. The van der Waals surface area contributed by atoms with E-state index >= 15 is 0 Å². The Morgan fingerprint density at radius 3 is 1.93 bits per heavy atom. The van der Waals surface area contributed by atoms with Crippen LogP contribution in [0.25, 0.3) is 11.1 Å². The molecule has 1 aliphatic carbocycles. The van der Waals surface area contributed by atoms with E-state index < -0.39 is 73.9 Å². The van der Waals surface area contributed by atoms with Gasteiger partial charge in [0.25, 0.3) is 5.91 Å². The third kappa shape index (κ3) is 18.1. The second-order valence-electron chi connectivity index (χ2n) is 17.4. The van der Waals surface area contributed by atoms with Gasteiger partial charge in [-0.05, 0) is 93.0 Å². The predicted molar refractivity (Wildman–Crippen MR) is 255 cm³/mol. The molecule has 22 nitrogen and oxygen atoms in total. The van der Waals surface area contributed by atoms with Crippen molar-refractivity contribution in [2.24, 2.45) is 10.7 Å². The Balaban J connectivity index is 1.19. The zero-order valence-electron chi connectivity index (χ0n) is 39.0. The minimum Gasteiger partial charge on any atom is -0.467 e. The van der Waals surface area contributed by atoms with E-state index in [0.29, 0.717) is 31.5 Å². The fourth-order valence-corrected chi connectivity index (χ4v) is 7.56. The number of aliphatic hydroxyl groups is 9. The number of unbranched alkanes of at least 4 members (excludes halogenated alkanes) is 2. The Labute approximate surface area is 401 Å². The molecule has 1 aliphatic rings. The number of rotatable bonds is 30. The normalized spacial score (nSPS) is 16.5. The number of esters is 1. The smallest absolute Gasteiger partial charge is 0.328 e. The van der Waals surface area contributed by atoms with Crippen molar-refractivity contribution in [3.8, 4) is 11.1 Å². The first kappa shape index (κ1) is 56.2. The maximum atomic E-state index is 13.0. The van der Waals surface area contributed by atoms with Crippen LogP contribution in [0.1, 0.15) is 91.0 Å². The predicted octanol–water partition coefficient (Wildman–Crippen LogP) is -1.78. The lowest BCUT2D eigenvalue weighted by molar-refractivity contribution is -0.145. The van der Waals surface area contributed by atoms with Crippen molar-refractivity contribution in [1.29, 1.82) is 0 Å². The van der Waals surface area contributed by atoms with Crippen molar-refractivity contribution in [1.82, 2.24) is 25.5 Å². The number of carbonyl (C=O) groups excluding carboxylic acids is 3. The van der Waals surface area contributed by atoms with Crippen LogP contribution in [-0.4, -0.2) is 180 Å². The molecule has 8 atom stereocenters. The molecular formula is C47H71N9O13. The van der Waals surface area contributed by atoms with Crippen molar-refractivity contribution >= 4 is 35.4 Å². The van der Waals surface area contributed by atoms with E-state index in [1.807, 2.05) is 36.4 Å². The summed E-state index contributed by atoms with van der Waals surface area (Å²) >= 11 is 0. The van der Waals surface area contributed by atoms with Gasteiger partial charge in [-0.1, -0.05) is 48.5 Å². The van der Waals surface area contributed by atoms with Gasteiger partial charge >= 0.3 is 5.97 Å². The van der Waals surface area contributed by atoms with Crippen molar-refractivity contribution < 1.29 is 65.1 Å². The van der Waals surface area contributed by atoms with E-state index in [1.54, 1.807) is 4.90 Å². The maximum Gasteiger partial charge on any atom is 0.328 e. The van der Waals surface area contributed by atoms with Crippen LogP contribution in [0.15, 0.2) is 53.5 Å². The van der Waals surface area contributed by atoms with Crippen LogP contribution >= 0.6 is 0 Å². The molecule has 69 heavy (non-hydrogen) atoms. The third-order valence-electron chi connectivity index (χ3n) is 12.0. The number of aromatic nitrogens is 2. The van der Waals surface area contributed by atoms with E-state index in [4.69, 9.17) is 32.2 Å². The Morgan fingerprint density at radius 1 is 0.739 bits per heavy atom. The number of benzene rings is 2. The number of nitrogens with zero attached hydrogens (tertiary/aromatic N) is 4. The van der Waals surface area contributed by atoms with Crippen LogP contribution in [0.2, 0.25) is 0 Å². The van der Waals surface area contributed by atoms with E-state index in [2.05, 4.69) is 37.7 Å². The van der Waals surface area contributed by atoms with Crippen LogP contribution in [-0.2, 0) is 27.2 Å². The van der Waals surface area contributed by atoms with Crippen LogP contribution < -0.4 is 27.8 Å². The number of amides is 2. The van der Waals surface area contributed by atoms with E-state index in [1.165, 1.54) is 7.11 Å². The standard InChI is InChI=1S/C47H71N9O13/c1-69-46(68)32(7-3-5-22-56(23-20-33(59)40(64)35(61)25-57)24-34(60)41(65)42(66)36(62)26-58)52-37(63)19-12-28-10-15-30(16-11-28)29-13-8-27(9-14-29)6-2-4-21-51-47(50)55-45(67)39-44(49)54-43(48)38(53-39)31-17-18-31/h8-11,13-16,31-36,40-42,57-62,64-66H,2-7,12,17-26H2,1H3,(H,52,63)(H4,48,49,54)(H3,50,51,55,67)/t32-,33+,34-,35+,36+,40-,41+,42+/m0/s1. The number of ether oxygens (including phenoxy) is 1. The fraction of sp³-hybridized carbons (Fsp3) is 0.574. The summed E-state index contributed by atoms with van der Waals surface area (Å²) in [5, 5.41) is 94.3. The quantitative estimate of drug-likeness (QED) is 0.0152. The number of aliphatic imine (C=N–C) groups is 1. The van der Waals surface area contributed by atoms with E-state index in [-0.39, 0.29) is 74.0 Å². The zero-order chi connectivity index (χ0) is 50.6. The zero-order valence-corrected chi connectivity index (χ0v) is 39.0. The number of nitrogens with one attached hydrogen (secondary N) is 2. The van der Waals surface area contributed by atoms with Crippen molar-refractivity contribution in [2.75, 3.05) is 58.0 Å². The first-order valence-electron chi connectivity index (χ1n) is 23.3. The average Bonchev–Trinajstić information content (AvgIpc) is 4.20. The molecule has 2 amide bonds. The molecule has 2 aromatic carbocycles. The lowest BCUT2D eigenvalue weighted by Gasteiger charge is -2.31. The summed E-state index contributed by atoms with van der Waals surface area (Å²) < 4.78 is 4.93. The van der Waals surface area contributed by atoms with Crippen LogP contribution in [0.4, 0.5) is 11.6 Å². The molecule has 4 rings (SSSR count). The van der Waals surface area contributed by atoms with Gasteiger partial charge in [0, 0.05) is 32.0 Å². The number of guanidine groups is 1. The van der Waals surface area contributed by atoms with Gasteiger partial charge in [-0.3, -0.25) is 19.9 Å². The number of nitrogens with two attached hydrogens (primary N) is 3. The van der Waals surface area contributed by atoms with E-state index in [0.717, 1.165) is 54.4 Å². The second kappa shape index (κ2) is 28.3. The summed E-state index contributed by atoms with van der Waals surface area (Å²) in [7, 11) is 1.21. The molecule has 17 N–H and O–H groups in total. The number of aryl methyl sites for hydroxylation is 2. The number of hydrogen-bond donors (Lipinski definition) is 14. The minimum atomic E-state index is -1.86. The first-order chi connectivity index (χ1) is 32.9. The van der Waals surface area contributed by atoms with Crippen molar-refractivity contribution in [2.45, 2.75) is 125 Å². The van der Waals surface area contributed by atoms with Crippen LogP contribution in [0.5, 0.6) is 0 Å². The lowest BCUT2D eigenvalue weighted by Crippen LogP contribution is -2.50. The topological polar surface area (TPSA) is 386 Å². The van der Waals surface area contributed by atoms with Crippen molar-refractivity contribution in [3.63, 3.8) is 0 Å². The largest absolute Gasteiger partial charge is 0.467 e. The van der Waals surface area contributed by atoms with Gasteiger partial charge < -0.3 is 78.1 Å². The van der Waals surface area contributed by atoms with Crippen molar-refractivity contribution in [3.05, 3.63) is 71.0 Å². The molecule has 0 spiro atoms. The third-order valence-corrected chi connectivity index (χ3v) is 12.0. The summed E-state index contributed by atoms with van der Waals surface area (Å²) in [5.74, 6) is -1.25. The Hall–Kier alpha value is -5.40. The number of nitrogen functional groups attached to an aromatic ring is 2. The molecule has 1 aromatic heterocycles. The number of carbonyl (C=O) groups is 3. The monoisotopic (exact) mass is 970 g/mol. The number of anilines is 2. The molecule has 0 bridgehead atoms. The molecule has 22 heteroatoms. The molecule has 3 aromatic rings. The molecule has 382 valence electrons. The molecular weight excluding hydrogens is 899 g/mol. The van der Waals surface area contributed by atoms with Crippen LogP contribution in [0.3, 0.4) is 0 Å². The highest BCUT2D eigenvalue weighted by Crippen LogP contribution is 2.41. The molecule has 0 aliphatic heterocycles. The summed E-state index contributed by atoms with van der Waals surface area (Å²) in [4.78, 5) is 52.6. The summed E-state index contributed by atoms with van der Waals surface area (Å²) in [6.45, 7) is -1.25. The fourth-order valence-electron chi connectivity index (χ4n) is 7.56. The van der Waals surface area contributed by atoms with Gasteiger partial charge in [0.15, 0.2) is 17.5 Å². The number of methoxy groups -OCH3 is 1. The SMILES string of the molecule is COC(=O)[C@H](CCCCN(CC[C@@H](O)[C@H](O)[C@H](O)CO)C[C@H](O)[C@@H](O)[C@H](O)[C@H](O)CO)NC(=O)CCc1ccc(-c2ccc(CCCCN=C(N)NC(=O)c3nc(C4CC4)c(N)nc3N)cc2)cc1. The summed E-state index contributed by atoms with van der Waals surface area (Å²) in [6.07, 6.45) is -6.07. The molecule has 1 saturated carbocycles. The number of aliphatic hydroxyl groups excluding tert-OH is 9. The highest BCUT2D eigenvalue weighted by atomic mass is 16.5. The lowest BCUT2D eigenvalue weighted by atomic mass is 9.99. The Morgan fingerprint density at radius 2 is 1.33 bits per heavy atom. The molecule has 0 saturated heterocycles. The van der Waals surface area contributed by atoms with Gasteiger partial charge in [0.2, 0.25) is 5.91 Å². The highest BCUT2D eigenvalue weighted by Gasteiger charge is 2.33. The summed E-state index contributed by atoms with van der Waals surface area (Å²) in [5.41, 5.74) is 22.4. The molecule has 0 radical (unpaired) electrons. The van der Waals surface area contributed by atoms with Gasteiger partial charge in [0.1, 0.15) is 42.4 Å². The van der Waals surface area contributed by atoms with E-state index in [9.17, 15) is 50.1 Å². The molecule has 0 unspecified atom stereocenters. The van der Waals surface area contributed by atoms with Crippen LogP contribution in [0, 0.1) is 0 Å². The van der Waals surface area contributed by atoms with Gasteiger partial charge in [-0.25, -0.2) is 14.8 Å². The maximum absolute atomic E-state index is 13.0. The highest BCUT2D eigenvalue weighted by molar-refractivity contribution is 6.06. The average molecular weight is 970 g/mol.